The molecule has 2 aliphatic heterocycles. The molecule has 0 unspecified atom stereocenters. The van der Waals surface area contributed by atoms with Crippen molar-refractivity contribution < 1.29 is 23.4 Å². The lowest BCUT2D eigenvalue weighted by Crippen LogP contribution is -2.48. The highest BCUT2D eigenvalue weighted by molar-refractivity contribution is 8.18. The lowest BCUT2D eigenvalue weighted by Gasteiger charge is -2.36. The van der Waals surface area contributed by atoms with E-state index >= 15 is 0 Å². The number of para-hydroxylation sites is 1. The van der Waals surface area contributed by atoms with Crippen LogP contribution in [0.3, 0.4) is 0 Å². The maximum absolute atomic E-state index is 14.1. The van der Waals surface area contributed by atoms with Crippen molar-refractivity contribution in [2.45, 2.75) is 0 Å². The quantitative estimate of drug-likeness (QED) is 0.635. The zero-order valence-corrected chi connectivity index (χ0v) is 18.9. The Labute approximate surface area is 190 Å². The Morgan fingerprint density at radius 2 is 1.62 bits per heavy atom. The number of benzene rings is 2. The highest BCUT2D eigenvalue weighted by Crippen LogP contribution is 2.42. The number of thioether (sulfide) groups is 1. The number of hydrogen-bond donors (Lipinski definition) is 0. The van der Waals surface area contributed by atoms with Crippen LogP contribution in [0, 0.1) is 5.82 Å². The second kappa shape index (κ2) is 9.52. The summed E-state index contributed by atoms with van der Waals surface area (Å²) in [6.45, 7) is 2.61. The number of amides is 1. The molecule has 0 spiro atoms. The third kappa shape index (κ3) is 4.25. The number of methoxy groups -OCH3 is 3. The van der Waals surface area contributed by atoms with Gasteiger partial charge in [0.2, 0.25) is 5.75 Å². The van der Waals surface area contributed by atoms with E-state index < -0.39 is 0 Å². The van der Waals surface area contributed by atoms with Crippen molar-refractivity contribution in [2.75, 3.05) is 52.4 Å². The van der Waals surface area contributed by atoms with Gasteiger partial charge in [0.15, 0.2) is 16.7 Å². The number of nitrogens with zero attached hydrogens (tertiary/aromatic N) is 3. The molecule has 168 valence electrons. The van der Waals surface area contributed by atoms with Crippen molar-refractivity contribution in [3.8, 4) is 17.2 Å². The molecule has 2 heterocycles. The number of halogens is 1. The highest BCUT2D eigenvalue weighted by atomic mass is 32.2. The minimum absolute atomic E-state index is 0.224. The van der Waals surface area contributed by atoms with E-state index in [-0.39, 0.29) is 11.7 Å². The summed E-state index contributed by atoms with van der Waals surface area (Å²) in [5.74, 6) is 0.975. The number of amidine groups is 1. The van der Waals surface area contributed by atoms with Gasteiger partial charge >= 0.3 is 0 Å². The van der Waals surface area contributed by atoms with E-state index in [1.54, 1.807) is 38.5 Å². The van der Waals surface area contributed by atoms with Crippen LogP contribution in [-0.4, -0.2) is 63.5 Å². The first-order chi connectivity index (χ1) is 15.5. The van der Waals surface area contributed by atoms with Crippen LogP contribution in [0.1, 0.15) is 5.56 Å². The Hall–Kier alpha value is -3.20. The fraction of sp³-hybridized carbons (Fsp3) is 0.304. The number of ether oxygens (including phenoxy) is 3. The number of rotatable bonds is 5. The molecule has 0 bridgehead atoms. The predicted octanol–water partition coefficient (Wildman–Crippen LogP) is 3.64. The predicted molar refractivity (Wildman–Crippen MR) is 124 cm³/mol. The fourth-order valence-corrected chi connectivity index (χ4v) is 4.72. The van der Waals surface area contributed by atoms with Gasteiger partial charge in [-0.25, -0.2) is 4.39 Å². The van der Waals surface area contributed by atoms with Crippen LogP contribution < -0.4 is 19.1 Å². The zero-order valence-electron chi connectivity index (χ0n) is 18.1. The van der Waals surface area contributed by atoms with Gasteiger partial charge in [0, 0.05) is 31.7 Å². The van der Waals surface area contributed by atoms with Gasteiger partial charge in [-0.1, -0.05) is 12.1 Å². The van der Waals surface area contributed by atoms with Gasteiger partial charge in [-0.15, -0.1) is 0 Å². The average molecular weight is 458 g/mol. The molecule has 0 N–H and O–H groups in total. The molecule has 9 heteroatoms. The maximum atomic E-state index is 14.1. The second-order valence-electron chi connectivity index (χ2n) is 7.16. The molecule has 2 aromatic rings. The monoisotopic (exact) mass is 457 g/mol. The molecule has 2 aliphatic rings. The minimum Gasteiger partial charge on any atom is -0.493 e. The van der Waals surface area contributed by atoms with Crippen LogP contribution in [0.25, 0.3) is 6.08 Å². The summed E-state index contributed by atoms with van der Waals surface area (Å²) in [6, 6.07) is 10.4. The van der Waals surface area contributed by atoms with E-state index in [1.165, 1.54) is 24.9 Å². The SMILES string of the molecule is COc1ccc(/C=C2\SC(N3CCN(c4ccccc4F)CC3)=NC2=O)c(OC)c1OC. The van der Waals surface area contributed by atoms with Gasteiger partial charge in [-0.2, -0.15) is 4.99 Å². The molecule has 1 amide bonds. The molecular formula is C23H24FN3O4S. The Morgan fingerprint density at radius 1 is 0.938 bits per heavy atom. The van der Waals surface area contributed by atoms with Gasteiger partial charge in [0.1, 0.15) is 5.82 Å². The van der Waals surface area contributed by atoms with Gasteiger partial charge < -0.3 is 24.0 Å². The molecular weight excluding hydrogens is 433 g/mol. The molecule has 1 fully saturated rings. The Kier molecular flexibility index (Phi) is 6.55. The minimum atomic E-state index is -0.293. The Morgan fingerprint density at radius 3 is 2.28 bits per heavy atom. The normalized spacial score (nSPS) is 17.6. The summed E-state index contributed by atoms with van der Waals surface area (Å²) in [7, 11) is 4.63. The summed E-state index contributed by atoms with van der Waals surface area (Å²) in [5, 5.41) is 0.661. The van der Waals surface area contributed by atoms with E-state index in [0.717, 1.165) is 0 Å². The van der Waals surface area contributed by atoms with Gasteiger partial charge in [-0.05, 0) is 42.1 Å². The summed E-state index contributed by atoms with van der Waals surface area (Å²) in [6.07, 6.45) is 1.75. The summed E-state index contributed by atoms with van der Waals surface area (Å²) >= 11 is 1.33. The molecule has 0 aromatic heterocycles. The number of carbonyl (C=O) groups is 1. The summed E-state index contributed by atoms with van der Waals surface area (Å²) in [4.78, 5) is 21.4. The second-order valence-corrected chi connectivity index (χ2v) is 8.17. The third-order valence-electron chi connectivity index (χ3n) is 5.37. The first-order valence-corrected chi connectivity index (χ1v) is 10.9. The van der Waals surface area contributed by atoms with Crippen molar-refractivity contribution in [1.82, 2.24) is 4.90 Å². The van der Waals surface area contributed by atoms with Gasteiger partial charge in [0.05, 0.1) is 31.9 Å². The molecule has 7 nitrogen and oxygen atoms in total. The molecule has 0 atom stereocenters. The lowest BCUT2D eigenvalue weighted by molar-refractivity contribution is -0.113. The third-order valence-corrected chi connectivity index (χ3v) is 6.42. The van der Waals surface area contributed by atoms with Crippen LogP contribution >= 0.6 is 11.8 Å². The van der Waals surface area contributed by atoms with Crippen LogP contribution in [0.15, 0.2) is 46.3 Å². The molecule has 0 aliphatic carbocycles. The van der Waals surface area contributed by atoms with Gasteiger partial charge in [0.25, 0.3) is 5.91 Å². The number of hydrogen-bond acceptors (Lipinski definition) is 7. The molecule has 0 radical (unpaired) electrons. The van der Waals surface area contributed by atoms with Gasteiger partial charge in [-0.3, -0.25) is 4.79 Å². The van der Waals surface area contributed by atoms with Crippen molar-refractivity contribution in [3.05, 3.63) is 52.7 Å². The van der Waals surface area contributed by atoms with Crippen LogP contribution in [0.2, 0.25) is 0 Å². The zero-order chi connectivity index (χ0) is 22.7. The molecule has 4 rings (SSSR count). The molecule has 2 aromatic carbocycles. The first kappa shape index (κ1) is 22.0. The Bertz CT molecular complexity index is 1080. The summed E-state index contributed by atoms with van der Waals surface area (Å²) in [5.41, 5.74) is 1.30. The number of aliphatic imine (C=N–C) groups is 1. The average Bonchev–Trinajstić information content (AvgIpc) is 3.19. The smallest absolute Gasteiger partial charge is 0.286 e. The number of anilines is 1. The van der Waals surface area contributed by atoms with Crippen LogP contribution in [0.5, 0.6) is 17.2 Å². The lowest BCUT2D eigenvalue weighted by atomic mass is 10.1. The van der Waals surface area contributed by atoms with E-state index in [0.29, 0.717) is 64.8 Å². The standard InChI is InChI=1S/C23H24FN3O4S/c1-29-18-9-8-15(20(30-2)21(18)31-3)14-19-22(28)25-23(32-19)27-12-10-26(11-13-27)17-7-5-4-6-16(17)24/h4-9,14H,10-13H2,1-3H3/b19-14-. The van der Waals surface area contributed by atoms with Crippen LogP contribution in [-0.2, 0) is 4.79 Å². The van der Waals surface area contributed by atoms with Crippen LogP contribution in [0.4, 0.5) is 10.1 Å². The number of carbonyl (C=O) groups excluding carboxylic acids is 1. The summed E-state index contributed by atoms with van der Waals surface area (Å²) < 4.78 is 30.3. The number of piperazine rings is 1. The first-order valence-electron chi connectivity index (χ1n) is 10.1. The Balaban J connectivity index is 1.48. The molecule has 0 saturated carbocycles. The van der Waals surface area contributed by atoms with Crippen molar-refractivity contribution in [2.24, 2.45) is 4.99 Å². The van der Waals surface area contributed by atoms with E-state index in [4.69, 9.17) is 14.2 Å². The fourth-order valence-electron chi connectivity index (χ4n) is 3.76. The van der Waals surface area contributed by atoms with Crippen molar-refractivity contribution in [1.29, 1.82) is 0 Å². The largest absolute Gasteiger partial charge is 0.493 e. The maximum Gasteiger partial charge on any atom is 0.286 e. The van der Waals surface area contributed by atoms with E-state index in [1.807, 2.05) is 17.0 Å². The van der Waals surface area contributed by atoms with E-state index in [2.05, 4.69) is 9.89 Å². The van der Waals surface area contributed by atoms with E-state index in [9.17, 15) is 9.18 Å². The van der Waals surface area contributed by atoms with Crippen molar-refractivity contribution >= 4 is 34.6 Å². The van der Waals surface area contributed by atoms with Crippen molar-refractivity contribution in [3.63, 3.8) is 0 Å². The topological polar surface area (TPSA) is 63.6 Å². The molecule has 32 heavy (non-hydrogen) atoms. The highest BCUT2D eigenvalue weighted by Gasteiger charge is 2.29. The molecule has 1 saturated heterocycles.